The van der Waals surface area contributed by atoms with Crippen molar-refractivity contribution in [1.82, 2.24) is 9.78 Å². The number of aliphatic hydroxyl groups is 1. The normalized spacial score (nSPS) is 12.7. The molecule has 4 heteroatoms. The zero-order valence-electron chi connectivity index (χ0n) is 8.97. The van der Waals surface area contributed by atoms with E-state index in [-0.39, 0.29) is 6.10 Å². The van der Waals surface area contributed by atoms with Crippen molar-refractivity contribution >= 4 is 15.9 Å². The van der Waals surface area contributed by atoms with E-state index in [1.807, 2.05) is 37.4 Å². The van der Waals surface area contributed by atoms with E-state index < -0.39 is 0 Å². The molecule has 1 aromatic heterocycles. The van der Waals surface area contributed by atoms with Gasteiger partial charge in [-0.15, -0.1) is 0 Å². The molecule has 1 aromatic carbocycles. The minimum Gasteiger partial charge on any atom is -0.388 e. The number of benzene rings is 1. The molecule has 16 heavy (non-hydrogen) atoms. The van der Waals surface area contributed by atoms with Crippen LogP contribution in [0, 0.1) is 0 Å². The number of aromatic nitrogens is 2. The lowest BCUT2D eigenvalue weighted by Crippen LogP contribution is -1.97. The number of hydrogen-bond donors (Lipinski definition) is 1. The smallest absolute Gasteiger partial charge is 0.0787 e. The Hall–Kier alpha value is -1.13. The van der Waals surface area contributed by atoms with E-state index in [1.54, 1.807) is 10.9 Å². The maximum atomic E-state index is 9.66. The molecule has 0 spiro atoms. The highest BCUT2D eigenvalue weighted by molar-refractivity contribution is 9.10. The highest BCUT2D eigenvalue weighted by atomic mass is 79.9. The molecule has 0 radical (unpaired) electrons. The zero-order chi connectivity index (χ0) is 11.5. The summed E-state index contributed by atoms with van der Waals surface area (Å²) >= 11 is 3.35. The van der Waals surface area contributed by atoms with Gasteiger partial charge in [-0.2, -0.15) is 5.10 Å². The molecule has 1 atom stereocenters. The van der Waals surface area contributed by atoms with Gasteiger partial charge in [0.1, 0.15) is 0 Å². The van der Waals surface area contributed by atoms with Crippen molar-refractivity contribution in [3.05, 3.63) is 46.7 Å². The Balaban J connectivity index is 2.25. The molecule has 0 bridgehead atoms. The van der Waals surface area contributed by atoms with Crippen molar-refractivity contribution in [3.8, 4) is 5.69 Å². The fourth-order valence-corrected chi connectivity index (χ4v) is 1.81. The second kappa shape index (κ2) is 4.80. The SMILES string of the molecule is CC[C@@H](O)c1ccc(-n2cc(Br)cn2)cc1. The summed E-state index contributed by atoms with van der Waals surface area (Å²) in [7, 11) is 0. The third-order valence-electron chi connectivity index (χ3n) is 2.48. The predicted octanol–water partition coefficient (Wildman–Crippen LogP) is 3.08. The third kappa shape index (κ3) is 2.33. The van der Waals surface area contributed by atoms with Gasteiger partial charge in [0.05, 0.1) is 22.5 Å². The molecule has 0 fully saturated rings. The molecule has 2 rings (SSSR count). The number of halogens is 1. The topological polar surface area (TPSA) is 38.0 Å². The van der Waals surface area contributed by atoms with Gasteiger partial charge in [-0.3, -0.25) is 0 Å². The van der Waals surface area contributed by atoms with Gasteiger partial charge in [-0.05, 0) is 40.0 Å². The first-order valence-electron chi connectivity index (χ1n) is 5.19. The Morgan fingerprint density at radius 3 is 2.56 bits per heavy atom. The monoisotopic (exact) mass is 280 g/mol. The minimum atomic E-state index is -0.376. The summed E-state index contributed by atoms with van der Waals surface area (Å²) < 4.78 is 2.73. The number of nitrogens with zero attached hydrogens (tertiary/aromatic N) is 2. The van der Waals surface area contributed by atoms with Crippen molar-refractivity contribution in [2.45, 2.75) is 19.4 Å². The number of hydrogen-bond acceptors (Lipinski definition) is 2. The molecule has 3 nitrogen and oxygen atoms in total. The lowest BCUT2D eigenvalue weighted by atomic mass is 10.1. The van der Waals surface area contributed by atoms with Crippen LogP contribution in [0.1, 0.15) is 25.0 Å². The van der Waals surface area contributed by atoms with E-state index in [9.17, 15) is 5.11 Å². The molecule has 0 saturated heterocycles. The van der Waals surface area contributed by atoms with Gasteiger partial charge in [0.15, 0.2) is 0 Å². The van der Waals surface area contributed by atoms with E-state index >= 15 is 0 Å². The summed E-state index contributed by atoms with van der Waals surface area (Å²) in [5.41, 5.74) is 1.93. The lowest BCUT2D eigenvalue weighted by Gasteiger charge is -2.08. The molecular formula is C12H13BrN2O. The van der Waals surface area contributed by atoms with Crippen LogP contribution in [0.4, 0.5) is 0 Å². The summed E-state index contributed by atoms with van der Waals surface area (Å²) in [5.74, 6) is 0. The zero-order valence-corrected chi connectivity index (χ0v) is 10.6. The molecule has 0 amide bonds. The van der Waals surface area contributed by atoms with Gasteiger partial charge < -0.3 is 5.11 Å². The van der Waals surface area contributed by atoms with Crippen LogP contribution in [0.25, 0.3) is 5.69 Å². The third-order valence-corrected chi connectivity index (χ3v) is 2.89. The maximum Gasteiger partial charge on any atom is 0.0787 e. The van der Waals surface area contributed by atoms with Crippen LogP contribution in [-0.4, -0.2) is 14.9 Å². The lowest BCUT2D eigenvalue weighted by molar-refractivity contribution is 0.173. The Kier molecular flexibility index (Phi) is 3.41. The molecular weight excluding hydrogens is 268 g/mol. The van der Waals surface area contributed by atoms with Crippen LogP contribution in [0.3, 0.4) is 0 Å². The predicted molar refractivity (Wildman–Crippen MR) is 66.5 cm³/mol. The Labute approximate surface area is 103 Å². The molecule has 84 valence electrons. The van der Waals surface area contributed by atoms with E-state index in [2.05, 4.69) is 21.0 Å². The average molecular weight is 281 g/mol. The van der Waals surface area contributed by atoms with E-state index in [4.69, 9.17) is 0 Å². The van der Waals surface area contributed by atoms with Gasteiger partial charge in [-0.1, -0.05) is 19.1 Å². The standard InChI is InChI=1S/C12H13BrN2O/c1-2-12(16)9-3-5-11(6-4-9)15-8-10(13)7-14-15/h3-8,12,16H,2H2,1H3/t12-/m1/s1. The van der Waals surface area contributed by atoms with Crippen molar-refractivity contribution in [3.63, 3.8) is 0 Å². The molecule has 1 heterocycles. The summed E-state index contributed by atoms with van der Waals surface area (Å²) in [5, 5.41) is 13.9. The maximum absolute atomic E-state index is 9.66. The summed E-state index contributed by atoms with van der Waals surface area (Å²) in [6.45, 7) is 1.96. The molecule has 1 N–H and O–H groups in total. The Morgan fingerprint density at radius 2 is 2.06 bits per heavy atom. The van der Waals surface area contributed by atoms with E-state index in [0.717, 1.165) is 22.1 Å². The largest absolute Gasteiger partial charge is 0.388 e. The van der Waals surface area contributed by atoms with Crippen LogP contribution in [0.2, 0.25) is 0 Å². The minimum absolute atomic E-state index is 0.376. The first-order chi connectivity index (χ1) is 7.70. The van der Waals surface area contributed by atoms with Crippen LogP contribution in [-0.2, 0) is 0 Å². The molecule has 2 aromatic rings. The first-order valence-corrected chi connectivity index (χ1v) is 5.98. The highest BCUT2D eigenvalue weighted by Gasteiger charge is 2.05. The van der Waals surface area contributed by atoms with Crippen LogP contribution in [0.5, 0.6) is 0 Å². The molecule has 0 aliphatic carbocycles. The van der Waals surface area contributed by atoms with Gasteiger partial charge >= 0.3 is 0 Å². The van der Waals surface area contributed by atoms with Gasteiger partial charge in [0, 0.05) is 6.20 Å². The number of aliphatic hydroxyl groups excluding tert-OH is 1. The summed E-state index contributed by atoms with van der Waals surface area (Å²) in [6.07, 6.45) is 3.99. The summed E-state index contributed by atoms with van der Waals surface area (Å²) in [4.78, 5) is 0. The van der Waals surface area contributed by atoms with Crippen molar-refractivity contribution in [2.75, 3.05) is 0 Å². The fraction of sp³-hybridized carbons (Fsp3) is 0.250. The second-order valence-electron chi connectivity index (χ2n) is 3.62. The molecule has 0 unspecified atom stereocenters. The number of rotatable bonds is 3. The van der Waals surface area contributed by atoms with Gasteiger partial charge in [-0.25, -0.2) is 4.68 Å². The molecule has 0 saturated carbocycles. The van der Waals surface area contributed by atoms with E-state index in [1.165, 1.54) is 0 Å². The molecule has 0 aliphatic heterocycles. The van der Waals surface area contributed by atoms with Gasteiger partial charge in [0.2, 0.25) is 0 Å². The quantitative estimate of drug-likeness (QED) is 0.938. The van der Waals surface area contributed by atoms with Crippen LogP contribution in [0.15, 0.2) is 41.1 Å². The average Bonchev–Trinajstić information content (AvgIpc) is 2.75. The fourth-order valence-electron chi connectivity index (χ4n) is 1.53. The van der Waals surface area contributed by atoms with Crippen molar-refractivity contribution in [2.24, 2.45) is 0 Å². The highest BCUT2D eigenvalue weighted by Crippen LogP contribution is 2.18. The van der Waals surface area contributed by atoms with Crippen molar-refractivity contribution < 1.29 is 5.11 Å². The Morgan fingerprint density at radius 1 is 1.38 bits per heavy atom. The van der Waals surface area contributed by atoms with Crippen LogP contribution >= 0.6 is 15.9 Å². The van der Waals surface area contributed by atoms with Crippen molar-refractivity contribution in [1.29, 1.82) is 0 Å². The van der Waals surface area contributed by atoms with Gasteiger partial charge in [0.25, 0.3) is 0 Å². The first kappa shape index (κ1) is 11.4. The summed E-state index contributed by atoms with van der Waals surface area (Å²) in [6, 6.07) is 7.76. The molecule has 0 aliphatic rings. The van der Waals surface area contributed by atoms with Crippen LogP contribution < -0.4 is 0 Å². The van der Waals surface area contributed by atoms with E-state index in [0.29, 0.717) is 0 Å². The Bertz CT molecular complexity index is 464. The second-order valence-corrected chi connectivity index (χ2v) is 4.53.